The molecule has 0 aromatic heterocycles. The summed E-state index contributed by atoms with van der Waals surface area (Å²) in [6, 6.07) is 0.896. The molecule has 1 aromatic rings. The van der Waals surface area contributed by atoms with Gasteiger partial charge in [0, 0.05) is 11.8 Å². The van der Waals surface area contributed by atoms with Gasteiger partial charge in [-0.25, -0.2) is 8.78 Å². The third-order valence-corrected chi connectivity index (χ3v) is 4.19. The highest BCUT2D eigenvalue weighted by atomic mass is 32.2. The lowest BCUT2D eigenvalue weighted by atomic mass is 10.1. The average molecular weight is 302 g/mol. The normalized spacial score (nSPS) is 18.6. The van der Waals surface area contributed by atoms with Crippen molar-refractivity contribution in [1.82, 2.24) is 5.32 Å². The highest BCUT2D eigenvalue weighted by Gasteiger charge is 2.26. The zero-order valence-corrected chi connectivity index (χ0v) is 11.2. The first-order chi connectivity index (χ1) is 9.49. The van der Waals surface area contributed by atoms with Crippen LogP contribution in [0.3, 0.4) is 0 Å². The largest absolute Gasteiger partial charge is 0.348 e. The number of carbonyl (C=O) groups excluding carboxylic acids is 1. The number of thioether (sulfide) groups is 1. The van der Waals surface area contributed by atoms with E-state index in [0.717, 1.165) is 18.6 Å². The van der Waals surface area contributed by atoms with E-state index in [1.54, 1.807) is 11.8 Å². The van der Waals surface area contributed by atoms with Gasteiger partial charge in [-0.2, -0.15) is 11.8 Å². The molecule has 2 rings (SSSR count). The summed E-state index contributed by atoms with van der Waals surface area (Å²) >= 11 is 1.67. The Morgan fingerprint density at radius 2 is 2.10 bits per heavy atom. The number of nitrogens with one attached hydrogen (secondary N) is 1. The Morgan fingerprint density at radius 1 is 1.40 bits per heavy atom. The summed E-state index contributed by atoms with van der Waals surface area (Å²) in [6.45, 7) is 0. The maximum atomic E-state index is 13.2. The van der Waals surface area contributed by atoms with Gasteiger partial charge >= 0.3 is 0 Å². The fourth-order valence-electron chi connectivity index (χ4n) is 1.99. The van der Waals surface area contributed by atoms with Crippen LogP contribution < -0.4 is 5.32 Å². The number of nitrogens with zero attached hydrogens (tertiary/aromatic N) is 1. The molecule has 0 aliphatic carbocycles. The summed E-state index contributed by atoms with van der Waals surface area (Å²) in [5.74, 6) is -1.65. The van der Waals surface area contributed by atoms with Crippen molar-refractivity contribution in [2.45, 2.75) is 18.9 Å². The number of nitro benzene ring substituents is 1. The van der Waals surface area contributed by atoms with Gasteiger partial charge in [-0.15, -0.1) is 0 Å². The minimum Gasteiger partial charge on any atom is -0.348 e. The van der Waals surface area contributed by atoms with Crippen LogP contribution in [0.2, 0.25) is 0 Å². The van der Waals surface area contributed by atoms with E-state index in [1.165, 1.54) is 0 Å². The third kappa shape index (κ3) is 3.24. The Balaban J connectivity index is 2.23. The minimum atomic E-state index is -1.35. The van der Waals surface area contributed by atoms with Gasteiger partial charge < -0.3 is 5.32 Å². The summed E-state index contributed by atoms with van der Waals surface area (Å²) < 4.78 is 26.2. The van der Waals surface area contributed by atoms with Crippen LogP contribution in [0.1, 0.15) is 23.2 Å². The second-order valence-electron chi connectivity index (χ2n) is 4.43. The lowest BCUT2D eigenvalue weighted by Gasteiger charge is -2.22. The molecule has 1 aromatic carbocycles. The van der Waals surface area contributed by atoms with Gasteiger partial charge in [0.25, 0.3) is 11.6 Å². The number of benzene rings is 1. The van der Waals surface area contributed by atoms with Crippen molar-refractivity contribution in [1.29, 1.82) is 0 Å². The molecular weight excluding hydrogens is 290 g/mol. The van der Waals surface area contributed by atoms with Gasteiger partial charge in [0.05, 0.1) is 11.0 Å². The minimum absolute atomic E-state index is 0.103. The van der Waals surface area contributed by atoms with Crippen LogP contribution in [-0.4, -0.2) is 28.4 Å². The number of carbonyl (C=O) groups is 1. The maximum Gasteiger partial charge on any atom is 0.285 e. The second kappa shape index (κ2) is 6.17. The lowest BCUT2D eigenvalue weighted by molar-refractivity contribution is -0.385. The number of hydrogen-bond acceptors (Lipinski definition) is 4. The van der Waals surface area contributed by atoms with E-state index >= 15 is 0 Å². The quantitative estimate of drug-likeness (QED) is 0.688. The summed E-state index contributed by atoms with van der Waals surface area (Å²) in [5.41, 5.74) is -1.19. The molecule has 1 fully saturated rings. The van der Waals surface area contributed by atoms with E-state index in [-0.39, 0.29) is 6.04 Å². The van der Waals surface area contributed by atoms with E-state index < -0.39 is 33.7 Å². The van der Waals surface area contributed by atoms with Gasteiger partial charge in [-0.1, -0.05) is 0 Å². The molecule has 108 valence electrons. The highest BCUT2D eigenvalue weighted by molar-refractivity contribution is 7.99. The molecule has 8 heteroatoms. The van der Waals surface area contributed by atoms with Crippen molar-refractivity contribution in [2.24, 2.45) is 0 Å². The summed E-state index contributed by atoms with van der Waals surface area (Å²) in [4.78, 5) is 21.9. The predicted octanol–water partition coefficient (Wildman–Crippen LogP) is 2.50. The Kier molecular flexibility index (Phi) is 4.53. The number of rotatable bonds is 3. The number of nitro groups is 1. The van der Waals surface area contributed by atoms with Crippen molar-refractivity contribution in [3.63, 3.8) is 0 Å². The van der Waals surface area contributed by atoms with E-state index in [4.69, 9.17) is 0 Å². The van der Waals surface area contributed by atoms with Crippen molar-refractivity contribution < 1.29 is 18.5 Å². The van der Waals surface area contributed by atoms with Crippen LogP contribution in [0.4, 0.5) is 14.5 Å². The first-order valence-electron chi connectivity index (χ1n) is 6.01. The molecule has 1 saturated heterocycles. The van der Waals surface area contributed by atoms with E-state index in [1.807, 2.05) is 0 Å². The monoisotopic (exact) mass is 302 g/mol. The molecule has 20 heavy (non-hydrogen) atoms. The summed E-state index contributed by atoms with van der Waals surface area (Å²) in [7, 11) is 0. The molecule has 1 aliphatic rings. The van der Waals surface area contributed by atoms with Gasteiger partial charge in [-0.3, -0.25) is 14.9 Å². The fraction of sp³-hybridized carbons (Fsp3) is 0.417. The zero-order valence-electron chi connectivity index (χ0n) is 10.4. The van der Waals surface area contributed by atoms with Crippen molar-refractivity contribution in [3.8, 4) is 0 Å². The first kappa shape index (κ1) is 14.7. The van der Waals surface area contributed by atoms with Crippen LogP contribution >= 0.6 is 11.8 Å². The molecule has 1 heterocycles. The Morgan fingerprint density at radius 3 is 2.70 bits per heavy atom. The molecule has 0 saturated carbocycles. The predicted molar refractivity (Wildman–Crippen MR) is 70.8 cm³/mol. The Hall–Kier alpha value is -1.70. The van der Waals surface area contributed by atoms with Crippen molar-refractivity contribution >= 4 is 23.4 Å². The maximum absolute atomic E-state index is 13.2. The van der Waals surface area contributed by atoms with E-state index in [2.05, 4.69) is 5.32 Å². The lowest BCUT2D eigenvalue weighted by Crippen LogP contribution is -2.38. The smallest absolute Gasteiger partial charge is 0.285 e. The zero-order chi connectivity index (χ0) is 14.7. The molecule has 0 radical (unpaired) electrons. The summed E-state index contributed by atoms with van der Waals surface area (Å²) in [6.07, 6.45) is 1.71. The first-order valence-corrected chi connectivity index (χ1v) is 7.16. The van der Waals surface area contributed by atoms with E-state index in [9.17, 15) is 23.7 Å². The number of halogens is 2. The van der Waals surface area contributed by atoms with E-state index in [0.29, 0.717) is 17.9 Å². The van der Waals surface area contributed by atoms with Gasteiger partial charge in [-0.05, 0) is 24.7 Å². The average Bonchev–Trinajstić information content (AvgIpc) is 2.42. The van der Waals surface area contributed by atoms with Crippen LogP contribution in [0.5, 0.6) is 0 Å². The molecule has 0 spiro atoms. The third-order valence-electron chi connectivity index (χ3n) is 2.98. The van der Waals surface area contributed by atoms with Gasteiger partial charge in [0.2, 0.25) is 0 Å². The van der Waals surface area contributed by atoms with Crippen LogP contribution in [0.25, 0.3) is 0 Å². The van der Waals surface area contributed by atoms with Crippen LogP contribution in [0.15, 0.2) is 12.1 Å². The summed E-state index contributed by atoms with van der Waals surface area (Å²) in [5, 5.41) is 13.4. The van der Waals surface area contributed by atoms with Gasteiger partial charge in [0.1, 0.15) is 5.56 Å². The molecule has 1 atom stereocenters. The van der Waals surface area contributed by atoms with Crippen molar-refractivity contribution in [3.05, 3.63) is 39.4 Å². The number of hydrogen-bond donors (Lipinski definition) is 1. The molecule has 1 N–H and O–H groups in total. The molecule has 1 amide bonds. The number of amides is 1. The van der Waals surface area contributed by atoms with Gasteiger partial charge in [0.15, 0.2) is 11.6 Å². The Labute approximate surface area is 117 Å². The molecule has 1 aliphatic heterocycles. The molecule has 5 nitrogen and oxygen atoms in total. The highest BCUT2D eigenvalue weighted by Crippen LogP contribution is 2.23. The standard InChI is InChI=1S/C12H12F2N2O3S/c13-9-4-8(11(16(18)19)5-10(9)14)12(17)15-7-2-1-3-20-6-7/h4-5,7H,1-3,6H2,(H,15,17). The molecule has 1 unspecified atom stereocenters. The van der Waals surface area contributed by atoms with Crippen molar-refractivity contribution in [2.75, 3.05) is 11.5 Å². The molecular formula is C12H12F2N2O3S. The van der Waals surface area contributed by atoms with Crippen LogP contribution in [-0.2, 0) is 0 Å². The Bertz CT molecular complexity index is 548. The van der Waals surface area contributed by atoms with Crippen LogP contribution in [0, 0.1) is 21.7 Å². The topological polar surface area (TPSA) is 72.2 Å². The second-order valence-corrected chi connectivity index (χ2v) is 5.58. The SMILES string of the molecule is O=C(NC1CCCSC1)c1cc(F)c(F)cc1[N+](=O)[O-]. The molecule has 0 bridgehead atoms. The fourth-order valence-corrected chi connectivity index (χ4v) is 3.06.